The van der Waals surface area contributed by atoms with Crippen LogP contribution >= 0.6 is 0 Å². The van der Waals surface area contributed by atoms with Crippen molar-refractivity contribution in [2.75, 3.05) is 0 Å². The molecule has 2 N–H and O–H groups in total. The third-order valence-corrected chi connectivity index (χ3v) is 5.44. The van der Waals surface area contributed by atoms with Gasteiger partial charge in [0.1, 0.15) is 5.82 Å². The normalized spacial score (nSPS) is 14.5. The summed E-state index contributed by atoms with van der Waals surface area (Å²) in [5.74, 6) is 0.606. The zero-order valence-electron chi connectivity index (χ0n) is 16.1. The number of carbonyl (C=O) groups is 2. The Balaban J connectivity index is 1.33. The van der Waals surface area contributed by atoms with E-state index in [-0.39, 0.29) is 30.6 Å². The number of nitrogens with zero attached hydrogens (tertiary/aromatic N) is 1. The van der Waals surface area contributed by atoms with E-state index in [1.54, 1.807) is 0 Å². The highest BCUT2D eigenvalue weighted by Crippen LogP contribution is 2.23. The average Bonchev–Trinajstić information content (AvgIpc) is 3.16. The lowest BCUT2D eigenvalue weighted by Crippen LogP contribution is -2.27. The summed E-state index contributed by atoms with van der Waals surface area (Å²) in [5, 5.41) is 2.93. The predicted molar refractivity (Wildman–Crippen MR) is 109 cm³/mol. The summed E-state index contributed by atoms with van der Waals surface area (Å²) < 4.78 is 0. The highest BCUT2D eigenvalue weighted by atomic mass is 16.2. The van der Waals surface area contributed by atoms with Crippen molar-refractivity contribution in [1.82, 2.24) is 15.3 Å². The van der Waals surface area contributed by atoms with E-state index in [1.807, 2.05) is 43.3 Å². The minimum Gasteiger partial charge on any atom is -0.346 e. The van der Waals surface area contributed by atoms with Gasteiger partial charge in [-0.15, -0.1) is 0 Å². The first kappa shape index (κ1) is 18.4. The number of fused-ring (bicyclic) bond motifs is 2. The Kier molecular flexibility index (Phi) is 5.24. The topological polar surface area (TPSA) is 74.8 Å². The molecule has 1 aliphatic carbocycles. The number of hydrogen-bond donors (Lipinski definition) is 2. The van der Waals surface area contributed by atoms with Crippen LogP contribution in [-0.4, -0.2) is 21.7 Å². The van der Waals surface area contributed by atoms with Crippen LogP contribution in [0.3, 0.4) is 0 Å². The molecule has 0 radical (unpaired) electrons. The molecular weight excluding hydrogens is 350 g/mol. The second-order valence-corrected chi connectivity index (χ2v) is 7.54. The van der Waals surface area contributed by atoms with Crippen molar-refractivity contribution in [3.63, 3.8) is 0 Å². The Morgan fingerprint density at radius 1 is 1.07 bits per heavy atom. The smallest absolute Gasteiger partial charge is 0.221 e. The Morgan fingerprint density at radius 3 is 2.68 bits per heavy atom. The van der Waals surface area contributed by atoms with E-state index in [4.69, 9.17) is 0 Å². The minimum atomic E-state index is -0.237. The monoisotopic (exact) mass is 375 g/mol. The third kappa shape index (κ3) is 3.98. The van der Waals surface area contributed by atoms with Gasteiger partial charge in [0.2, 0.25) is 5.91 Å². The first-order chi connectivity index (χ1) is 13.6. The fourth-order valence-electron chi connectivity index (χ4n) is 3.84. The van der Waals surface area contributed by atoms with E-state index in [0.717, 1.165) is 35.3 Å². The van der Waals surface area contributed by atoms with Crippen LogP contribution in [0.25, 0.3) is 11.0 Å². The van der Waals surface area contributed by atoms with Crippen LogP contribution in [0.2, 0.25) is 0 Å². The standard InChI is InChI=1S/C23H25N3O2/c1-15(23-25-19-8-4-5-9-20(19)26-23)24-22(28)13-12-21(27)18-11-10-16-6-2-3-7-17(16)14-18/h4-5,8-11,14-15H,2-3,6-7,12-13H2,1H3,(H,24,28)(H,25,26)/t15-/m1/s1. The van der Waals surface area contributed by atoms with Gasteiger partial charge in [0.25, 0.3) is 0 Å². The molecule has 0 spiro atoms. The number of para-hydroxylation sites is 2. The molecule has 0 saturated carbocycles. The lowest BCUT2D eigenvalue weighted by molar-refractivity contribution is -0.121. The number of ketones is 1. The zero-order chi connectivity index (χ0) is 19.5. The number of aromatic nitrogens is 2. The number of carbonyl (C=O) groups excluding carboxylic acids is 2. The van der Waals surface area contributed by atoms with Crippen LogP contribution in [0.15, 0.2) is 42.5 Å². The Bertz CT molecular complexity index is 989. The summed E-state index contributed by atoms with van der Waals surface area (Å²) in [6.07, 6.45) is 4.96. The van der Waals surface area contributed by atoms with Crippen LogP contribution in [0, 0.1) is 0 Å². The lowest BCUT2D eigenvalue weighted by atomic mass is 9.89. The highest BCUT2D eigenvalue weighted by molar-refractivity contribution is 5.98. The minimum absolute atomic E-state index is 0.0277. The molecule has 1 amide bonds. The summed E-state index contributed by atoms with van der Waals surface area (Å²) in [7, 11) is 0. The molecule has 0 saturated heterocycles. The van der Waals surface area contributed by atoms with Crippen molar-refractivity contribution in [2.45, 2.75) is 51.5 Å². The molecule has 0 aliphatic heterocycles. The molecule has 1 aliphatic rings. The van der Waals surface area contributed by atoms with Crippen molar-refractivity contribution >= 4 is 22.7 Å². The summed E-state index contributed by atoms with van der Waals surface area (Å²) in [6, 6.07) is 13.5. The van der Waals surface area contributed by atoms with Crippen LogP contribution < -0.4 is 5.32 Å². The number of Topliss-reactive ketones (excluding diaryl/α,β-unsaturated/α-hetero) is 1. The molecule has 3 aromatic rings. The maximum Gasteiger partial charge on any atom is 0.221 e. The Hall–Kier alpha value is -2.95. The molecule has 144 valence electrons. The molecule has 1 atom stereocenters. The van der Waals surface area contributed by atoms with Crippen LogP contribution in [0.4, 0.5) is 0 Å². The number of aromatic amines is 1. The van der Waals surface area contributed by atoms with Gasteiger partial charge < -0.3 is 10.3 Å². The molecular formula is C23H25N3O2. The summed E-state index contributed by atoms with van der Waals surface area (Å²) >= 11 is 0. The SMILES string of the molecule is C[C@@H](NC(=O)CCC(=O)c1ccc2c(c1)CCCC2)c1nc2ccccc2[nH]1. The van der Waals surface area contributed by atoms with Crippen LogP contribution in [0.5, 0.6) is 0 Å². The summed E-state index contributed by atoms with van der Waals surface area (Å²) in [6.45, 7) is 1.89. The van der Waals surface area contributed by atoms with E-state index in [2.05, 4.69) is 21.4 Å². The number of nitrogens with one attached hydrogen (secondary N) is 2. The van der Waals surface area contributed by atoms with Crippen molar-refractivity contribution in [1.29, 1.82) is 0 Å². The first-order valence-electron chi connectivity index (χ1n) is 9.99. The van der Waals surface area contributed by atoms with Crippen molar-refractivity contribution in [2.24, 2.45) is 0 Å². The largest absolute Gasteiger partial charge is 0.346 e. The van der Waals surface area contributed by atoms with E-state index in [1.165, 1.54) is 24.0 Å². The van der Waals surface area contributed by atoms with E-state index < -0.39 is 0 Å². The molecule has 0 bridgehead atoms. The Labute approximate surface area is 164 Å². The molecule has 2 aromatic carbocycles. The third-order valence-electron chi connectivity index (χ3n) is 5.44. The van der Waals surface area contributed by atoms with Crippen LogP contribution in [-0.2, 0) is 17.6 Å². The van der Waals surface area contributed by atoms with Gasteiger partial charge in [-0.2, -0.15) is 0 Å². The average molecular weight is 375 g/mol. The maximum absolute atomic E-state index is 12.5. The number of amides is 1. The van der Waals surface area contributed by atoms with Gasteiger partial charge in [0.15, 0.2) is 5.78 Å². The van der Waals surface area contributed by atoms with Crippen LogP contribution in [0.1, 0.15) is 66.0 Å². The number of aryl methyl sites for hydroxylation is 2. The molecule has 1 heterocycles. The summed E-state index contributed by atoms with van der Waals surface area (Å²) in [5.41, 5.74) is 5.20. The number of imidazole rings is 1. The van der Waals surface area contributed by atoms with Gasteiger partial charge in [-0.3, -0.25) is 9.59 Å². The second-order valence-electron chi connectivity index (χ2n) is 7.54. The lowest BCUT2D eigenvalue weighted by Gasteiger charge is -2.16. The van der Waals surface area contributed by atoms with Gasteiger partial charge in [-0.25, -0.2) is 4.98 Å². The van der Waals surface area contributed by atoms with E-state index >= 15 is 0 Å². The maximum atomic E-state index is 12.5. The van der Waals surface area contributed by atoms with E-state index in [9.17, 15) is 9.59 Å². The van der Waals surface area contributed by atoms with Gasteiger partial charge in [-0.1, -0.05) is 24.3 Å². The molecule has 0 unspecified atom stereocenters. The second kappa shape index (κ2) is 7.97. The van der Waals surface area contributed by atoms with Crippen molar-refractivity contribution in [3.8, 4) is 0 Å². The number of hydrogen-bond acceptors (Lipinski definition) is 3. The van der Waals surface area contributed by atoms with Gasteiger partial charge >= 0.3 is 0 Å². The summed E-state index contributed by atoms with van der Waals surface area (Å²) in [4.78, 5) is 32.6. The number of benzene rings is 2. The number of rotatable bonds is 6. The van der Waals surface area contributed by atoms with Gasteiger partial charge in [0.05, 0.1) is 17.1 Å². The van der Waals surface area contributed by atoms with E-state index in [0.29, 0.717) is 0 Å². The van der Waals surface area contributed by atoms with Gasteiger partial charge in [-0.05, 0) is 61.9 Å². The first-order valence-corrected chi connectivity index (χ1v) is 9.99. The number of H-pyrrole nitrogens is 1. The van der Waals surface area contributed by atoms with Gasteiger partial charge in [0, 0.05) is 18.4 Å². The van der Waals surface area contributed by atoms with Crippen molar-refractivity contribution < 1.29 is 9.59 Å². The molecule has 5 nitrogen and oxygen atoms in total. The molecule has 5 heteroatoms. The molecule has 0 fully saturated rings. The van der Waals surface area contributed by atoms with Crippen molar-refractivity contribution in [3.05, 3.63) is 65.0 Å². The predicted octanol–water partition coefficient (Wildman–Crippen LogP) is 4.28. The fraction of sp³-hybridized carbons (Fsp3) is 0.348. The zero-order valence-corrected chi connectivity index (χ0v) is 16.1. The molecule has 1 aromatic heterocycles. The quantitative estimate of drug-likeness (QED) is 0.632. The Morgan fingerprint density at radius 2 is 1.86 bits per heavy atom. The molecule has 28 heavy (non-hydrogen) atoms. The fourth-order valence-corrected chi connectivity index (χ4v) is 3.84. The highest BCUT2D eigenvalue weighted by Gasteiger charge is 2.16. The molecule has 4 rings (SSSR count).